The predicted octanol–water partition coefficient (Wildman–Crippen LogP) is 6.76. The van der Waals surface area contributed by atoms with Gasteiger partial charge in [0.25, 0.3) is 5.69 Å². The summed E-state index contributed by atoms with van der Waals surface area (Å²) >= 11 is 0. The summed E-state index contributed by atoms with van der Waals surface area (Å²) in [5, 5.41) is 23.1. The maximum Gasteiger partial charge on any atom is 0.270 e. The highest BCUT2D eigenvalue weighted by atomic mass is 16.6. The molecule has 0 amide bonds. The van der Waals surface area contributed by atoms with Crippen molar-refractivity contribution < 1.29 is 10.0 Å². The van der Waals surface area contributed by atoms with Gasteiger partial charge in [-0.1, -0.05) is 42.8 Å². The van der Waals surface area contributed by atoms with Gasteiger partial charge in [0, 0.05) is 28.6 Å². The number of nitrogens with zero attached hydrogens (tertiary/aromatic N) is 4. The number of nitro groups is 1. The van der Waals surface area contributed by atoms with Crippen LogP contribution in [0.4, 0.5) is 11.4 Å². The molecule has 3 N–H and O–H groups in total. The summed E-state index contributed by atoms with van der Waals surface area (Å²) < 4.78 is 0. The molecule has 3 heterocycles. The summed E-state index contributed by atoms with van der Waals surface area (Å²) in [6.45, 7) is 3.52. The van der Waals surface area contributed by atoms with Crippen LogP contribution in [0.5, 0.6) is 5.88 Å². The number of aromatic amines is 2. The number of hydrogen-bond donors (Lipinski definition) is 3. The first-order valence-electron chi connectivity index (χ1n) is 14.0. The fourth-order valence-corrected chi connectivity index (χ4v) is 5.56. The number of nitro benzene ring substituents is 1. The van der Waals surface area contributed by atoms with Crippen molar-refractivity contribution in [3.05, 3.63) is 106 Å². The van der Waals surface area contributed by atoms with E-state index in [0.717, 1.165) is 36.2 Å². The minimum absolute atomic E-state index is 0.0509. The first-order valence-corrected chi connectivity index (χ1v) is 14.0. The van der Waals surface area contributed by atoms with Crippen molar-refractivity contribution in [1.29, 1.82) is 0 Å². The molecule has 0 bridgehead atoms. The number of rotatable bonds is 9. The monoisotopic (exact) mass is 548 g/mol. The van der Waals surface area contributed by atoms with Gasteiger partial charge in [0.05, 0.1) is 40.1 Å². The second-order valence-corrected chi connectivity index (χ2v) is 10.5. The van der Waals surface area contributed by atoms with E-state index in [9.17, 15) is 15.2 Å². The van der Waals surface area contributed by atoms with E-state index in [0.29, 0.717) is 27.9 Å². The van der Waals surface area contributed by atoms with Gasteiger partial charge in [-0.05, 0) is 74.6 Å². The van der Waals surface area contributed by atoms with Crippen molar-refractivity contribution in [2.75, 3.05) is 19.6 Å². The average molecular weight is 549 g/mol. The number of aryl methyl sites for hydroxylation is 1. The molecule has 9 heteroatoms. The zero-order valence-corrected chi connectivity index (χ0v) is 22.7. The van der Waals surface area contributed by atoms with Gasteiger partial charge in [-0.2, -0.15) is 0 Å². The van der Waals surface area contributed by atoms with Crippen LogP contribution in [-0.4, -0.2) is 55.2 Å². The number of fused-ring (bicyclic) bond motifs is 1. The minimum atomic E-state index is -0.434. The van der Waals surface area contributed by atoms with Gasteiger partial charge < -0.3 is 20.0 Å². The highest BCUT2D eigenvalue weighted by Crippen LogP contribution is 2.34. The molecule has 0 unspecified atom stereocenters. The molecule has 0 saturated carbocycles. The third-order valence-corrected chi connectivity index (χ3v) is 7.74. The number of aromatic hydroxyl groups is 1. The Morgan fingerprint density at radius 3 is 2.51 bits per heavy atom. The molecule has 1 aliphatic rings. The Kier molecular flexibility index (Phi) is 7.60. The first-order chi connectivity index (χ1) is 20.0. The number of benzene rings is 3. The predicted molar refractivity (Wildman–Crippen MR) is 161 cm³/mol. The molecular formula is C32H32N6O3. The SMILES string of the molecule is O=[N+]([O-])c1ccc2[nH]c(O)c(C(=Nc3ccc(-c4cnc[nH]4)cc3)c3ccc(CCCN4CCCCC4)cc3)c2c1. The molecule has 0 aliphatic carbocycles. The highest BCUT2D eigenvalue weighted by Gasteiger charge is 2.21. The molecule has 0 radical (unpaired) electrons. The number of H-pyrrole nitrogens is 2. The summed E-state index contributed by atoms with van der Waals surface area (Å²) in [4.78, 5) is 28.8. The van der Waals surface area contributed by atoms with Gasteiger partial charge in [-0.25, -0.2) is 9.98 Å². The van der Waals surface area contributed by atoms with E-state index in [2.05, 4.69) is 32.0 Å². The van der Waals surface area contributed by atoms with Crippen LogP contribution in [0.25, 0.3) is 22.2 Å². The highest BCUT2D eigenvalue weighted by molar-refractivity contribution is 6.22. The zero-order chi connectivity index (χ0) is 28.2. The topological polar surface area (TPSA) is 123 Å². The Bertz CT molecular complexity index is 1670. The second kappa shape index (κ2) is 11.8. The number of piperidine rings is 1. The maximum atomic E-state index is 11.5. The molecule has 0 atom stereocenters. The standard InChI is InChI=1S/C32H32N6O3/c39-32-30(27-19-26(38(40)41)14-15-28(27)36-32)31(35-25-12-10-23(11-13-25)29-20-33-21-34-29)24-8-6-22(7-9-24)5-4-18-37-16-2-1-3-17-37/h6-15,19-21,36,39H,1-5,16-18H2,(H,33,34). The van der Waals surface area contributed by atoms with Gasteiger partial charge in [-0.3, -0.25) is 10.1 Å². The Morgan fingerprint density at radius 1 is 1.02 bits per heavy atom. The average Bonchev–Trinajstić information content (AvgIpc) is 3.65. The maximum absolute atomic E-state index is 11.5. The van der Waals surface area contributed by atoms with Crippen molar-refractivity contribution in [3.63, 3.8) is 0 Å². The van der Waals surface area contributed by atoms with Crippen LogP contribution in [-0.2, 0) is 6.42 Å². The van der Waals surface area contributed by atoms with E-state index < -0.39 is 4.92 Å². The number of non-ortho nitro benzene ring substituents is 1. The second-order valence-electron chi connectivity index (χ2n) is 10.5. The van der Waals surface area contributed by atoms with Crippen molar-refractivity contribution in [2.24, 2.45) is 4.99 Å². The van der Waals surface area contributed by atoms with Crippen LogP contribution >= 0.6 is 0 Å². The van der Waals surface area contributed by atoms with Gasteiger partial charge in [0.2, 0.25) is 0 Å². The molecule has 208 valence electrons. The largest absolute Gasteiger partial charge is 0.494 e. The van der Waals surface area contributed by atoms with Crippen molar-refractivity contribution in [1.82, 2.24) is 19.9 Å². The molecule has 3 aromatic carbocycles. The molecule has 5 aromatic rings. The normalized spacial score (nSPS) is 14.5. The quantitative estimate of drug-likeness (QED) is 0.107. The van der Waals surface area contributed by atoms with E-state index in [4.69, 9.17) is 4.99 Å². The molecule has 9 nitrogen and oxygen atoms in total. The molecule has 1 saturated heterocycles. The zero-order valence-electron chi connectivity index (χ0n) is 22.7. The first kappa shape index (κ1) is 26.5. The number of likely N-dealkylation sites (tertiary alicyclic amines) is 1. The summed E-state index contributed by atoms with van der Waals surface area (Å²) in [7, 11) is 0. The van der Waals surface area contributed by atoms with Crippen LogP contribution in [0.2, 0.25) is 0 Å². The lowest BCUT2D eigenvalue weighted by Crippen LogP contribution is -2.30. The van der Waals surface area contributed by atoms with Crippen LogP contribution in [0.1, 0.15) is 42.4 Å². The number of aliphatic imine (C=N–C) groups is 1. The van der Waals surface area contributed by atoms with Crippen molar-refractivity contribution >= 4 is 28.0 Å². The van der Waals surface area contributed by atoms with Crippen molar-refractivity contribution in [3.8, 4) is 17.1 Å². The number of imidazole rings is 1. The Hall–Kier alpha value is -4.76. The molecule has 1 fully saturated rings. The van der Waals surface area contributed by atoms with Gasteiger partial charge in [-0.15, -0.1) is 0 Å². The van der Waals surface area contributed by atoms with E-state index in [1.54, 1.807) is 18.6 Å². The van der Waals surface area contributed by atoms with Crippen LogP contribution < -0.4 is 0 Å². The number of aromatic nitrogens is 3. The summed E-state index contributed by atoms with van der Waals surface area (Å²) in [5.41, 5.74) is 6.12. The fourth-order valence-electron chi connectivity index (χ4n) is 5.56. The third kappa shape index (κ3) is 5.90. The Balaban J connectivity index is 1.34. The number of hydrogen-bond acceptors (Lipinski definition) is 6. The molecule has 0 spiro atoms. The van der Waals surface area contributed by atoms with Gasteiger partial charge in [0.15, 0.2) is 5.88 Å². The van der Waals surface area contributed by atoms with Crippen LogP contribution in [0.15, 0.2) is 84.2 Å². The van der Waals surface area contributed by atoms with E-state index in [1.165, 1.54) is 50.0 Å². The molecule has 1 aliphatic heterocycles. The van der Waals surface area contributed by atoms with Gasteiger partial charge in [0.1, 0.15) is 0 Å². The smallest absolute Gasteiger partial charge is 0.270 e. The third-order valence-electron chi connectivity index (χ3n) is 7.74. The molecule has 6 rings (SSSR count). The lowest BCUT2D eigenvalue weighted by atomic mass is 9.98. The Labute approximate surface area is 237 Å². The number of nitrogens with one attached hydrogen (secondary N) is 2. The van der Waals surface area contributed by atoms with Gasteiger partial charge >= 0.3 is 0 Å². The summed E-state index contributed by atoms with van der Waals surface area (Å²) in [5.74, 6) is -0.0843. The van der Waals surface area contributed by atoms with Crippen LogP contribution in [0.3, 0.4) is 0 Å². The summed E-state index contributed by atoms with van der Waals surface area (Å²) in [6, 6.07) is 20.5. The fraction of sp³-hybridized carbons (Fsp3) is 0.250. The van der Waals surface area contributed by atoms with Crippen molar-refractivity contribution in [2.45, 2.75) is 32.1 Å². The van der Waals surface area contributed by atoms with E-state index in [1.807, 2.05) is 36.4 Å². The molecular weight excluding hydrogens is 516 g/mol. The van der Waals surface area contributed by atoms with E-state index >= 15 is 0 Å². The molecule has 41 heavy (non-hydrogen) atoms. The molecule has 2 aromatic heterocycles. The van der Waals surface area contributed by atoms with E-state index in [-0.39, 0.29) is 11.6 Å². The minimum Gasteiger partial charge on any atom is -0.494 e. The summed E-state index contributed by atoms with van der Waals surface area (Å²) in [6.07, 6.45) is 9.43. The Morgan fingerprint density at radius 2 is 1.80 bits per heavy atom. The van der Waals surface area contributed by atoms with Crippen LogP contribution in [0, 0.1) is 10.1 Å². The lowest BCUT2D eigenvalue weighted by molar-refractivity contribution is -0.384. The lowest BCUT2D eigenvalue weighted by Gasteiger charge is -2.26.